The van der Waals surface area contributed by atoms with E-state index >= 15 is 0 Å². The van der Waals surface area contributed by atoms with E-state index in [2.05, 4.69) is 9.97 Å². The van der Waals surface area contributed by atoms with Crippen molar-refractivity contribution < 1.29 is 19.7 Å². The number of H-pyrrole nitrogens is 1. The lowest BCUT2D eigenvalue weighted by atomic mass is 10.1. The van der Waals surface area contributed by atoms with Gasteiger partial charge >= 0.3 is 5.97 Å². The number of ether oxygens (including phenoxy) is 1. The van der Waals surface area contributed by atoms with Crippen LogP contribution in [0.1, 0.15) is 21.7 Å². The second-order valence-corrected chi connectivity index (χ2v) is 5.58. The summed E-state index contributed by atoms with van der Waals surface area (Å²) in [4.78, 5) is 19.3. The number of rotatable bonds is 4. The predicted molar refractivity (Wildman–Crippen MR) is 94.4 cm³/mol. The van der Waals surface area contributed by atoms with Crippen LogP contribution in [-0.4, -0.2) is 32.8 Å². The normalized spacial score (nSPS) is 11.7. The van der Waals surface area contributed by atoms with Gasteiger partial charge in [0.25, 0.3) is 0 Å². The highest BCUT2D eigenvalue weighted by molar-refractivity contribution is 5.93. The molecule has 0 aliphatic heterocycles. The van der Waals surface area contributed by atoms with E-state index in [-0.39, 0.29) is 22.7 Å². The van der Waals surface area contributed by atoms with Crippen LogP contribution < -0.4 is 0 Å². The molecule has 0 saturated carbocycles. The van der Waals surface area contributed by atoms with E-state index in [1.165, 1.54) is 6.07 Å². The van der Waals surface area contributed by atoms with Gasteiger partial charge < -0.3 is 19.9 Å². The van der Waals surface area contributed by atoms with Crippen molar-refractivity contribution in [1.29, 1.82) is 5.26 Å². The van der Waals surface area contributed by atoms with E-state index in [4.69, 9.17) is 4.74 Å². The summed E-state index contributed by atoms with van der Waals surface area (Å²) in [5.41, 5.74) is 1.75. The Hall–Kier alpha value is -3.79. The van der Waals surface area contributed by atoms with Gasteiger partial charge in [-0.3, -0.25) is 0 Å². The van der Waals surface area contributed by atoms with Gasteiger partial charge in [-0.2, -0.15) is 5.26 Å². The lowest BCUT2D eigenvalue weighted by Gasteiger charge is -2.08. The van der Waals surface area contributed by atoms with Gasteiger partial charge in [0, 0.05) is 0 Å². The standard InChI is InChI=1S/C19H15N3O4/c1-11-5-4-6-12(17(11)24)19(25)26-10-16(23)13(9-20)18-21-14-7-2-3-8-15(14)22-18/h2-8,23-24H,10H2,1H3,(H,21,22)/b16-13-. The first-order valence-corrected chi connectivity index (χ1v) is 7.74. The quantitative estimate of drug-likeness (QED) is 0.378. The van der Waals surface area contributed by atoms with Crippen LogP contribution in [0, 0.1) is 18.3 Å². The van der Waals surface area contributed by atoms with Crippen LogP contribution in [0.4, 0.5) is 0 Å². The summed E-state index contributed by atoms with van der Waals surface area (Å²) in [6.07, 6.45) is 0. The average molecular weight is 349 g/mol. The van der Waals surface area contributed by atoms with Crippen molar-refractivity contribution in [3.8, 4) is 11.8 Å². The highest BCUT2D eigenvalue weighted by Gasteiger charge is 2.17. The number of phenols is 1. The Morgan fingerprint density at radius 2 is 2.04 bits per heavy atom. The largest absolute Gasteiger partial charge is 0.507 e. The van der Waals surface area contributed by atoms with Crippen molar-refractivity contribution >= 4 is 22.6 Å². The molecule has 0 spiro atoms. The zero-order valence-corrected chi connectivity index (χ0v) is 13.9. The molecular formula is C19H15N3O4. The van der Waals surface area contributed by atoms with Crippen LogP contribution in [0.5, 0.6) is 5.75 Å². The Labute approximate surface area is 148 Å². The fourth-order valence-corrected chi connectivity index (χ4v) is 2.43. The highest BCUT2D eigenvalue weighted by atomic mass is 16.5. The molecule has 3 rings (SSSR count). The van der Waals surface area contributed by atoms with Crippen LogP contribution in [0.25, 0.3) is 16.6 Å². The maximum absolute atomic E-state index is 12.1. The third-order valence-electron chi connectivity index (χ3n) is 3.82. The van der Waals surface area contributed by atoms with Crippen molar-refractivity contribution in [1.82, 2.24) is 9.97 Å². The van der Waals surface area contributed by atoms with E-state index in [0.29, 0.717) is 16.6 Å². The number of aromatic hydroxyl groups is 1. The molecule has 7 heteroatoms. The van der Waals surface area contributed by atoms with Crippen LogP contribution in [-0.2, 0) is 4.74 Å². The molecule has 3 N–H and O–H groups in total. The average Bonchev–Trinajstić information content (AvgIpc) is 3.06. The zero-order chi connectivity index (χ0) is 18.7. The van der Waals surface area contributed by atoms with Crippen molar-refractivity contribution in [3.63, 3.8) is 0 Å². The molecule has 130 valence electrons. The monoisotopic (exact) mass is 349 g/mol. The van der Waals surface area contributed by atoms with Gasteiger partial charge in [0.1, 0.15) is 29.6 Å². The molecular weight excluding hydrogens is 334 g/mol. The van der Waals surface area contributed by atoms with E-state index < -0.39 is 18.3 Å². The molecule has 0 atom stereocenters. The van der Waals surface area contributed by atoms with Gasteiger partial charge in [-0.1, -0.05) is 24.3 Å². The summed E-state index contributed by atoms with van der Waals surface area (Å²) in [6.45, 7) is 1.13. The Morgan fingerprint density at radius 1 is 1.27 bits per heavy atom. The number of nitriles is 1. The van der Waals surface area contributed by atoms with Crippen molar-refractivity contribution in [2.24, 2.45) is 0 Å². The second kappa shape index (κ2) is 6.99. The summed E-state index contributed by atoms with van der Waals surface area (Å²) >= 11 is 0. The molecule has 7 nitrogen and oxygen atoms in total. The number of carbonyl (C=O) groups excluding carboxylic acids is 1. The van der Waals surface area contributed by atoms with Crippen molar-refractivity contribution in [3.05, 3.63) is 65.2 Å². The van der Waals surface area contributed by atoms with Crippen molar-refractivity contribution in [2.75, 3.05) is 6.61 Å². The molecule has 0 fully saturated rings. The molecule has 0 amide bonds. The molecule has 0 aliphatic carbocycles. The number of esters is 1. The molecule has 1 heterocycles. The maximum atomic E-state index is 12.1. The molecule has 3 aromatic rings. The summed E-state index contributed by atoms with van der Waals surface area (Å²) < 4.78 is 5.00. The molecule has 0 radical (unpaired) electrons. The van der Waals surface area contributed by atoms with Crippen LogP contribution in [0.2, 0.25) is 0 Å². The maximum Gasteiger partial charge on any atom is 0.342 e. The number of nitrogens with zero attached hydrogens (tertiary/aromatic N) is 2. The summed E-state index contributed by atoms with van der Waals surface area (Å²) in [5.74, 6) is -1.24. The molecule has 0 aliphatic rings. The van der Waals surface area contributed by atoms with E-state index in [1.54, 1.807) is 37.3 Å². The predicted octanol–water partition coefficient (Wildman–Crippen LogP) is 3.23. The zero-order valence-electron chi connectivity index (χ0n) is 13.9. The smallest absolute Gasteiger partial charge is 0.342 e. The number of aliphatic hydroxyl groups is 1. The van der Waals surface area contributed by atoms with E-state index in [0.717, 1.165) is 0 Å². The first-order valence-electron chi connectivity index (χ1n) is 7.74. The first kappa shape index (κ1) is 17.0. The van der Waals surface area contributed by atoms with Gasteiger partial charge in [-0.25, -0.2) is 9.78 Å². The van der Waals surface area contributed by atoms with Gasteiger partial charge in [0.2, 0.25) is 0 Å². The van der Waals surface area contributed by atoms with Gasteiger partial charge in [0.15, 0.2) is 11.6 Å². The van der Waals surface area contributed by atoms with E-state index in [9.17, 15) is 20.3 Å². The first-order chi connectivity index (χ1) is 12.5. The number of hydrogen-bond donors (Lipinski definition) is 3. The Bertz CT molecular complexity index is 1030. The second-order valence-electron chi connectivity index (χ2n) is 5.58. The fraction of sp³-hybridized carbons (Fsp3) is 0.105. The van der Waals surface area contributed by atoms with Gasteiger partial charge in [0.05, 0.1) is 11.0 Å². The number of para-hydroxylation sites is 3. The topological polar surface area (TPSA) is 119 Å². The number of imidazole rings is 1. The van der Waals surface area contributed by atoms with Crippen molar-refractivity contribution in [2.45, 2.75) is 6.92 Å². The third kappa shape index (κ3) is 3.21. The number of phenolic OH excluding ortho intramolecular Hbond substituents is 1. The van der Waals surface area contributed by atoms with Crippen LogP contribution in [0.3, 0.4) is 0 Å². The fourth-order valence-electron chi connectivity index (χ4n) is 2.43. The lowest BCUT2D eigenvalue weighted by molar-refractivity contribution is 0.0499. The summed E-state index contributed by atoms with van der Waals surface area (Å²) in [6, 6.07) is 13.7. The Morgan fingerprint density at radius 3 is 2.77 bits per heavy atom. The highest BCUT2D eigenvalue weighted by Crippen LogP contribution is 2.23. The molecule has 1 aromatic heterocycles. The number of benzene rings is 2. The Kier molecular flexibility index (Phi) is 4.58. The number of allylic oxidation sites excluding steroid dienone is 1. The van der Waals surface area contributed by atoms with Crippen LogP contribution in [0.15, 0.2) is 48.2 Å². The minimum absolute atomic E-state index is 0.0138. The number of aliphatic hydroxyl groups excluding tert-OH is 1. The number of aromatic nitrogens is 2. The third-order valence-corrected chi connectivity index (χ3v) is 3.82. The summed E-state index contributed by atoms with van der Waals surface area (Å²) in [5, 5.41) is 29.4. The molecule has 2 aromatic carbocycles. The van der Waals surface area contributed by atoms with E-state index in [1.807, 2.05) is 12.1 Å². The molecule has 0 unspecified atom stereocenters. The van der Waals surface area contributed by atoms with Crippen LogP contribution >= 0.6 is 0 Å². The minimum atomic E-state index is -0.806. The SMILES string of the molecule is Cc1cccc(C(=O)OC/C(O)=C(\C#N)c2nc3ccccc3[nH]2)c1O. The molecule has 0 saturated heterocycles. The number of fused-ring (bicyclic) bond motifs is 1. The number of carbonyl (C=O) groups is 1. The number of nitrogens with one attached hydrogen (secondary N) is 1. The summed E-state index contributed by atoms with van der Waals surface area (Å²) in [7, 11) is 0. The van der Waals surface area contributed by atoms with Gasteiger partial charge in [-0.05, 0) is 30.7 Å². The number of hydrogen-bond acceptors (Lipinski definition) is 6. The molecule has 0 bridgehead atoms. The molecule has 26 heavy (non-hydrogen) atoms. The Balaban J connectivity index is 1.82. The lowest BCUT2D eigenvalue weighted by Crippen LogP contribution is -2.10. The number of aryl methyl sites for hydroxylation is 1. The van der Waals surface area contributed by atoms with Gasteiger partial charge in [-0.15, -0.1) is 0 Å². The number of aromatic amines is 1. The minimum Gasteiger partial charge on any atom is -0.507 e.